The van der Waals surface area contributed by atoms with Crippen molar-refractivity contribution in [2.75, 3.05) is 0 Å². The second-order valence-electron chi connectivity index (χ2n) is 20.5. The van der Waals surface area contributed by atoms with Crippen LogP contribution in [0.2, 0.25) is 0 Å². The highest BCUT2D eigenvalue weighted by Crippen LogP contribution is 2.62. The van der Waals surface area contributed by atoms with Crippen LogP contribution in [0.1, 0.15) is 22.3 Å². The first kappa shape index (κ1) is 42.1. The summed E-state index contributed by atoms with van der Waals surface area (Å²) in [6.45, 7) is 0. The number of ether oxygens (including phenoxy) is 1. The van der Waals surface area contributed by atoms with Gasteiger partial charge in [0.15, 0.2) is 0 Å². The molecular weight excluding hydrogens is 939 g/mol. The largest absolute Gasteiger partial charge is 0.457 e. The smallest absolute Gasteiger partial charge is 0.132 e. The van der Waals surface area contributed by atoms with E-state index in [4.69, 9.17) is 14.7 Å². The molecule has 6 heteroatoms. The van der Waals surface area contributed by atoms with Crippen LogP contribution in [0, 0.1) is 0 Å². The third-order valence-electron chi connectivity index (χ3n) is 16.6. The molecule has 10 aromatic carbocycles. The molecule has 0 N–H and O–H groups in total. The average molecular weight is 982 g/mol. The fraction of sp³-hybridized carbons (Fsp3) is 0.0141. The standard InChI is InChI=1S/C71H43N5O/c1-2-14-48(15-3-1)74-63-24-10-6-18-53(63)56-41-45(28-36-65(56)74)47-26-34-57-68(43-47)77-67-37-29-46(42-60(67)71(57)58-20-12-38-72-69(58)70-59(71)21-13-39-73-70)44-27-35-66-55(40-44)54-19-7-11-25-64(54)76(66)50-32-30-49(31-33-50)75-61-22-8-4-16-51(61)52-17-5-9-23-62(52)75/h1-43H. The number of hydrogen-bond donors (Lipinski definition) is 0. The average Bonchev–Trinajstić information content (AvgIpc) is 4.25. The van der Waals surface area contributed by atoms with Crippen molar-refractivity contribution in [3.63, 3.8) is 0 Å². The molecule has 0 saturated carbocycles. The monoisotopic (exact) mass is 981 g/mol. The zero-order chi connectivity index (χ0) is 50.3. The maximum absolute atomic E-state index is 7.17. The number of benzene rings is 10. The Labute approximate surface area is 442 Å². The molecule has 77 heavy (non-hydrogen) atoms. The normalized spacial score (nSPS) is 13.1. The van der Waals surface area contributed by atoms with Crippen molar-refractivity contribution in [1.82, 2.24) is 23.7 Å². The molecule has 6 heterocycles. The fourth-order valence-corrected chi connectivity index (χ4v) is 13.4. The van der Waals surface area contributed by atoms with Gasteiger partial charge < -0.3 is 18.4 Å². The summed E-state index contributed by atoms with van der Waals surface area (Å²) in [6, 6.07) is 90.3. The summed E-state index contributed by atoms with van der Waals surface area (Å²) in [4.78, 5) is 10.1. The highest BCUT2D eigenvalue weighted by Gasteiger charge is 2.52. The number of hydrogen-bond acceptors (Lipinski definition) is 3. The van der Waals surface area contributed by atoms with E-state index in [9.17, 15) is 0 Å². The predicted octanol–water partition coefficient (Wildman–Crippen LogP) is 17.6. The van der Waals surface area contributed by atoms with E-state index in [2.05, 4.69) is 262 Å². The highest BCUT2D eigenvalue weighted by molar-refractivity contribution is 6.12. The summed E-state index contributed by atoms with van der Waals surface area (Å²) in [7, 11) is 0. The summed E-state index contributed by atoms with van der Waals surface area (Å²) >= 11 is 0. The number of pyridine rings is 2. The number of nitrogens with zero attached hydrogens (tertiary/aromatic N) is 5. The summed E-state index contributed by atoms with van der Waals surface area (Å²) in [5, 5.41) is 7.34. The third-order valence-corrected chi connectivity index (χ3v) is 16.6. The first-order valence-corrected chi connectivity index (χ1v) is 26.3. The molecule has 0 fully saturated rings. The van der Waals surface area contributed by atoms with Gasteiger partial charge >= 0.3 is 0 Å². The molecule has 0 radical (unpaired) electrons. The van der Waals surface area contributed by atoms with Crippen molar-refractivity contribution in [3.8, 4) is 62.2 Å². The Bertz CT molecular complexity index is 4860. The molecule has 358 valence electrons. The lowest BCUT2D eigenvalue weighted by molar-refractivity contribution is 0.436. The highest BCUT2D eigenvalue weighted by atomic mass is 16.5. The maximum atomic E-state index is 7.17. The molecule has 0 amide bonds. The summed E-state index contributed by atoms with van der Waals surface area (Å²) in [5.41, 5.74) is 20.3. The number of aromatic nitrogens is 5. The van der Waals surface area contributed by atoms with Gasteiger partial charge in [-0.1, -0.05) is 133 Å². The van der Waals surface area contributed by atoms with Crippen LogP contribution in [0.25, 0.3) is 116 Å². The number of fused-ring (bicyclic) bond motifs is 18. The van der Waals surface area contributed by atoms with Crippen LogP contribution >= 0.6 is 0 Å². The van der Waals surface area contributed by atoms with Crippen molar-refractivity contribution in [1.29, 1.82) is 0 Å². The lowest BCUT2D eigenvalue weighted by atomic mass is 9.66. The van der Waals surface area contributed by atoms with E-state index < -0.39 is 5.41 Å². The number of para-hydroxylation sites is 5. The summed E-state index contributed by atoms with van der Waals surface area (Å²) < 4.78 is 14.3. The van der Waals surface area contributed by atoms with Crippen LogP contribution in [0.5, 0.6) is 11.5 Å². The minimum absolute atomic E-state index is 0.747. The van der Waals surface area contributed by atoms with Gasteiger partial charge in [-0.2, -0.15) is 0 Å². The molecule has 1 aliphatic carbocycles. The molecule has 1 spiro atoms. The van der Waals surface area contributed by atoms with Crippen molar-refractivity contribution in [2.24, 2.45) is 0 Å². The molecule has 0 bridgehead atoms. The fourth-order valence-electron chi connectivity index (χ4n) is 13.4. The van der Waals surface area contributed by atoms with Gasteiger partial charge in [0.25, 0.3) is 0 Å². The first-order chi connectivity index (χ1) is 38.2. The van der Waals surface area contributed by atoms with Crippen LogP contribution in [-0.2, 0) is 5.41 Å². The Morgan fingerprint density at radius 1 is 0.273 bits per heavy atom. The lowest BCUT2D eigenvalue weighted by Gasteiger charge is -2.39. The molecule has 0 atom stereocenters. The van der Waals surface area contributed by atoms with Crippen LogP contribution in [-0.4, -0.2) is 23.7 Å². The van der Waals surface area contributed by atoms with E-state index in [0.29, 0.717) is 0 Å². The molecule has 15 aromatic rings. The van der Waals surface area contributed by atoms with Gasteiger partial charge in [-0.3, -0.25) is 9.97 Å². The van der Waals surface area contributed by atoms with Crippen molar-refractivity contribution in [3.05, 3.63) is 283 Å². The Kier molecular flexibility index (Phi) is 8.67. The second kappa shape index (κ2) is 15.9. The molecule has 6 nitrogen and oxygen atoms in total. The van der Waals surface area contributed by atoms with Crippen LogP contribution in [0.15, 0.2) is 261 Å². The minimum atomic E-state index is -0.747. The van der Waals surface area contributed by atoms with E-state index in [-0.39, 0.29) is 0 Å². The van der Waals surface area contributed by atoms with E-state index in [1.54, 1.807) is 0 Å². The molecule has 0 unspecified atom stereocenters. The van der Waals surface area contributed by atoms with E-state index in [1.165, 1.54) is 54.4 Å². The lowest BCUT2D eigenvalue weighted by Crippen LogP contribution is -2.32. The molecule has 0 saturated heterocycles. The third kappa shape index (κ3) is 5.84. The quantitative estimate of drug-likeness (QED) is 0.173. The Morgan fingerprint density at radius 2 is 0.675 bits per heavy atom. The van der Waals surface area contributed by atoms with E-state index in [1.807, 2.05) is 12.4 Å². The summed E-state index contributed by atoms with van der Waals surface area (Å²) in [6.07, 6.45) is 3.77. The predicted molar refractivity (Wildman–Crippen MR) is 313 cm³/mol. The van der Waals surface area contributed by atoms with Crippen molar-refractivity contribution < 1.29 is 4.74 Å². The maximum Gasteiger partial charge on any atom is 0.132 e. The van der Waals surface area contributed by atoms with Crippen molar-refractivity contribution in [2.45, 2.75) is 5.41 Å². The van der Waals surface area contributed by atoms with Gasteiger partial charge in [-0.05, 0) is 149 Å². The zero-order valence-electron chi connectivity index (χ0n) is 41.5. The summed E-state index contributed by atoms with van der Waals surface area (Å²) in [5.74, 6) is 1.63. The topological polar surface area (TPSA) is 49.8 Å². The Morgan fingerprint density at radius 3 is 1.19 bits per heavy atom. The first-order valence-electron chi connectivity index (χ1n) is 26.3. The van der Waals surface area contributed by atoms with Crippen LogP contribution in [0.4, 0.5) is 0 Å². The van der Waals surface area contributed by atoms with Gasteiger partial charge in [0.05, 0.1) is 49.9 Å². The SMILES string of the molecule is c1ccc(-n2c3ccccc3c3cc(-c4ccc5c(c4)Oc4ccc(-c6ccc7c(c6)c6ccccc6n7-c6ccc(-n7c8ccccc8c8ccccc87)cc6)cc4C54c5cccnc5-c5ncccc54)ccc32)cc1. The molecule has 17 rings (SSSR count). The van der Waals surface area contributed by atoms with Gasteiger partial charge in [0.2, 0.25) is 0 Å². The minimum Gasteiger partial charge on any atom is -0.457 e. The van der Waals surface area contributed by atoms with Crippen molar-refractivity contribution >= 4 is 65.4 Å². The van der Waals surface area contributed by atoms with E-state index >= 15 is 0 Å². The van der Waals surface area contributed by atoms with Gasteiger partial charge in [-0.25, -0.2) is 0 Å². The molecule has 5 aromatic heterocycles. The molecular formula is C71H43N5O. The van der Waals surface area contributed by atoms with Gasteiger partial charge in [-0.15, -0.1) is 0 Å². The van der Waals surface area contributed by atoms with Crippen LogP contribution in [0.3, 0.4) is 0 Å². The molecule has 2 aliphatic rings. The van der Waals surface area contributed by atoms with Gasteiger partial charge in [0.1, 0.15) is 11.5 Å². The van der Waals surface area contributed by atoms with E-state index in [0.717, 1.165) is 95.5 Å². The zero-order valence-corrected chi connectivity index (χ0v) is 41.5. The molecule has 1 aliphatic heterocycles. The van der Waals surface area contributed by atoms with Gasteiger partial charge in [0, 0.05) is 72.9 Å². The van der Waals surface area contributed by atoms with Crippen LogP contribution < -0.4 is 4.74 Å². The Balaban J connectivity index is 0.800. The number of rotatable bonds is 5. The second-order valence-corrected chi connectivity index (χ2v) is 20.5. The Hall–Kier alpha value is -10.3.